The molecule has 0 aliphatic rings. The number of carbonyl (C=O) groups is 1. The van der Waals surface area contributed by atoms with Gasteiger partial charge in [0.15, 0.2) is 0 Å². The molecule has 0 saturated heterocycles. The topological polar surface area (TPSA) is 66.0 Å². The third-order valence-electron chi connectivity index (χ3n) is 3.30. The van der Waals surface area contributed by atoms with Crippen molar-refractivity contribution in [2.24, 2.45) is 0 Å². The predicted molar refractivity (Wildman–Crippen MR) is 81.5 cm³/mol. The highest BCUT2D eigenvalue weighted by Crippen LogP contribution is 2.15. The number of rotatable bonds is 14. The van der Waals surface area contributed by atoms with Gasteiger partial charge in [-0.05, 0) is 40.2 Å². The Labute approximate surface area is 128 Å². The molecule has 1 unspecified atom stereocenters. The molecule has 0 aromatic rings. The fourth-order valence-corrected chi connectivity index (χ4v) is 1.77. The second-order valence-corrected chi connectivity index (χ2v) is 4.98. The molecule has 6 heteroatoms. The summed E-state index contributed by atoms with van der Waals surface area (Å²) in [5.41, 5.74) is -0.612. The van der Waals surface area contributed by atoms with Gasteiger partial charge in [0, 0.05) is 13.7 Å². The number of hydrogen-bond acceptors (Lipinski definition) is 6. The Balaban J connectivity index is 3.57. The molecule has 21 heavy (non-hydrogen) atoms. The van der Waals surface area contributed by atoms with E-state index in [4.69, 9.17) is 18.9 Å². The van der Waals surface area contributed by atoms with Crippen LogP contribution >= 0.6 is 0 Å². The second-order valence-electron chi connectivity index (χ2n) is 4.98. The van der Waals surface area contributed by atoms with Gasteiger partial charge in [-0.1, -0.05) is 0 Å². The van der Waals surface area contributed by atoms with E-state index in [2.05, 4.69) is 5.32 Å². The van der Waals surface area contributed by atoms with Crippen LogP contribution in [0.1, 0.15) is 33.1 Å². The molecular formula is C15H31NO5. The molecular weight excluding hydrogens is 274 g/mol. The largest absolute Gasteiger partial charge is 0.465 e. The molecule has 0 fully saturated rings. The van der Waals surface area contributed by atoms with Gasteiger partial charge in [0.25, 0.3) is 0 Å². The highest BCUT2D eigenvalue weighted by molar-refractivity contribution is 5.80. The molecule has 0 heterocycles. The fraction of sp³-hybridized carbons (Fsp3) is 0.933. The molecule has 0 rings (SSSR count). The molecule has 0 aliphatic heterocycles. The highest BCUT2D eigenvalue weighted by Gasteiger charge is 2.32. The summed E-state index contributed by atoms with van der Waals surface area (Å²) >= 11 is 0. The van der Waals surface area contributed by atoms with Crippen LogP contribution < -0.4 is 5.32 Å². The first-order valence-electron chi connectivity index (χ1n) is 7.61. The summed E-state index contributed by atoms with van der Waals surface area (Å²) in [4.78, 5) is 11.8. The van der Waals surface area contributed by atoms with Crippen LogP contribution in [0, 0.1) is 0 Å². The van der Waals surface area contributed by atoms with E-state index >= 15 is 0 Å². The summed E-state index contributed by atoms with van der Waals surface area (Å²) in [6.07, 6.45) is 2.55. The number of carbonyl (C=O) groups excluding carboxylic acids is 1. The standard InChI is InChI=1S/C15H31NO5/c1-5-21-14(17)15(2,16-3)8-6-7-9-19-12-13-20-11-10-18-4/h16H,5-13H2,1-4H3. The van der Waals surface area contributed by atoms with E-state index in [-0.39, 0.29) is 5.97 Å². The summed E-state index contributed by atoms with van der Waals surface area (Å²) < 4.78 is 20.7. The zero-order valence-corrected chi connectivity index (χ0v) is 13.9. The van der Waals surface area contributed by atoms with Crippen molar-refractivity contribution >= 4 is 5.97 Å². The van der Waals surface area contributed by atoms with Gasteiger partial charge < -0.3 is 24.3 Å². The van der Waals surface area contributed by atoms with Crippen molar-refractivity contribution in [3.05, 3.63) is 0 Å². The molecule has 126 valence electrons. The first kappa shape index (κ1) is 20.3. The minimum Gasteiger partial charge on any atom is -0.465 e. The van der Waals surface area contributed by atoms with E-state index in [1.807, 2.05) is 13.8 Å². The molecule has 0 aliphatic carbocycles. The Morgan fingerprint density at radius 1 is 1.05 bits per heavy atom. The first-order chi connectivity index (χ1) is 10.1. The summed E-state index contributed by atoms with van der Waals surface area (Å²) in [5.74, 6) is -0.194. The monoisotopic (exact) mass is 305 g/mol. The quantitative estimate of drug-likeness (QED) is 0.386. The molecule has 0 saturated carbocycles. The van der Waals surface area contributed by atoms with Crippen molar-refractivity contribution in [2.45, 2.75) is 38.6 Å². The van der Waals surface area contributed by atoms with E-state index in [1.54, 1.807) is 14.2 Å². The summed E-state index contributed by atoms with van der Waals surface area (Å²) in [7, 11) is 3.43. The van der Waals surface area contributed by atoms with Crippen LogP contribution in [-0.4, -0.2) is 65.3 Å². The fourth-order valence-electron chi connectivity index (χ4n) is 1.77. The number of ether oxygens (including phenoxy) is 4. The van der Waals surface area contributed by atoms with Gasteiger partial charge in [-0.3, -0.25) is 4.79 Å². The molecule has 1 N–H and O–H groups in total. The van der Waals surface area contributed by atoms with Crippen molar-refractivity contribution in [1.29, 1.82) is 0 Å². The molecule has 1 atom stereocenters. The number of hydrogen-bond donors (Lipinski definition) is 1. The smallest absolute Gasteiger partial charge is 0.326 e. The maximum atomic E-state index is 11.8. The maximum absolute atomic E-state index is 11.8. The molecule has 0 spiro atoms. The minimum atomic E-state index is -0.612. The lowest BCUT2D eigenvalue weighted by atomic mass is 9.95. The molecule has 0 aromatic carbocycles. The van der Waals surface area contributed by atoms with Crippen LogP contribution in [0.4, 0.5) is 0 Å². The number of likely N-dealkylation sites (N-methyl/N-ethyl adjacent to an activating group) is 1. The van der Waals surface area contributed by atoms with E-state index in [1.165, 1.54) is 0 Å². The summed E-state index contributed by atoms with van der Waals surface area (Å²) in [6, 6.07) is 0. The Kier molecular flexibility index (Phi) is 12.6. The Bertz CT molecular complexity index is 262. The van der Waals surface area contributed by atoms with Crippen LogP contribution in [0.2, 0.25) is 0 Å². The lowest BCUT2D eigenvalue weighted by molar-refractivity contribution is -0.150. The lowest BCUT2D eigenvalue weighted by Gasteiger charge is -2.26. The lowest BCUT2D eigenvalue weighted by Crippen LogP contribution is -2.48. The second kappa shape index (κ2) is 13.0. The highest BCUT2D eigenvalue weighted by atomic mass is 16.5. The normalized spacial score (nSPS) is 13.9. The van der Waals surface area contributed by atoms with Crippen LogP contribution in [-0.2, 0) is 23.7 Å². The van der Waals surface area contributed by atoms with Crippen molar-refractivity contribution < 1.29 is 23.7 Å². The number of methoxy groups -OCH3 is 1. The zero-order valence-electron chi connectivity index (χ0n) is 13.9. The van der Waals surface area contributed by atoms with Gasteiger partial charge >= 0.3 is 5.97 Å². The third kappa shape index (κ3) is 9.79. The van der Waals surface area contributed by atoms with Crippen molar-refractivity contribution in [3.8, 4) is 0 Å². The van der Waals surface area contributed by atoms with Gasteiger partial charge in [0.2, 0.25) is 0 Å². The average molecular weight is 305 g/mol. The van der Waals surface area contributed by atoms with Crippen LogP contribution in [0.3, 0.4) is 0 Å². The first-order valence-corrected chi connectivity index (χ1v) is 7.61. The molecule has 0 aromatic heterocycles. The van der Waals surface area contributed by atoms with Crippen molar-refractivity contribution in [1.82, 2.24) is 5.32 Å². The van der Waals surface area contributed by atoms with Gasteiger partial charge in [0.1, 0.15) is 5.54 Å². The van der Waals surface area contributed by atoms with Crippen LogP contribution in [0.5, 0.6) is 0 Å². The van der Waals surface area contributed by atoms with Crippen LogP contribution in [0.15, 0.2) is 0 Å². The van der Waals surface area contributed by atoms with Gasteiger partial charge in [-0.25, -0.2) is 0 Å². The maximum Gasteiger partial charge on any atom is 0.326 e. The van der Waals surface area contributed by atoms with Gasteiger partial charge in [-0.2, -0.15) is 0 Å². The Morgan fingerprint density at radius 2 is 1.67 bits per heavy atom. The minimum absolute atomic E-state index is 0.194. The Morgan fingerprint density at radius 3 is 2.24 bits per heavy atom. The summed E-state index contributed by atoms with van der Waals surface area (Å²) in [6.45, 7) is 7.15. The van der Waals surface area contributed by atoms with E-state index < -0.39 is 5.54 Å². The SMILES string of the molecule is CCOC(=O)C(C)(CCCCOCCOCCOC)NC. The van der Waals surface area contributed by atoms with Gasteiger partial charge in [0.05, 0.1) is 33.0 Å². The van der Waals surface area contributed by atoms with E-state index in [9.17, 15) is 4.79 Å². The number of unbranched alkanes of at least 4 members (excludes halogenated alkanes) is 1. The average Bonchev–Trinajstić information content (AvgIpc) is 2.49. The zero-order chi connectivity index (χ0) is 16.0. The van der Waals surface area contributed by atoms with Crippen molar-refractivity contribution in [3.63, 3.8) is 0 Å². The Hall–Kier alpha value is -0.690. The van der Waals surface area contributed by atoms with E-state index in [0.29, 0.717) is 39.6 Å². The third-order valence-corrected chi connectivity index (χ3v) is 3.30. The van der Waals surface area contributed by atoms with Crippen LogP contribution in [0.25, 0.3) is 0 Å². The summed E-state index contributed by atoms with van der Waals surface area (Å²) in [5, 5.41) is 3.05. The van der Waals surface area contributed by atoms with Crippen molar-refractivity contribution in [2.75, 3.05) is 53.8 Å². The predicted octanol–water partition coefficient (Wildman–Crippen LogP) is 1.38. The molecule has 0 bridgehead atoms. The number of nitrogens with one attached hydrogen (secondary N) is 1. The molecule has 6 nitrogen and oxygen atoms in total. The molecule has 0 amide bonds. The molecule has 0 radical (unpaired) electrons. The van der Waals surface area contributed by atoms with Gasteiger partial charge in [-0.15, -0.1) is 0 Å². The van der Waals surface area contributed by atoms with E-state index in [0.717, 1.165) is 19.3 Å². The number of esters is 1.